The third-order valence-electron chi connectivity index (χ3n) is 1.35. The van der Waals surface area contributed by atoms with Crippen molar-refractivity contribution < 1.29 is 0 Å². The molecule has 0 radical (unpaired) electrons. The van der Waals surface area contributed by atoms with E-state index in [1.807, 2.05) is 0 Å². The van der Waals surface area contributed by atoms with Crippen molar-refractivity contribution in [2.24, 2.45) is 0 Å². The van der Waals surface area contributed by atoms with Crippen molar-refractivity contribution in [3.63, 3.8) is 0 Å². The molecule has 0 rings (SSSR count). The minimum Gasteiger partial charge on any atom is -0.0917 e. The van der Waals surface area contributed by atoms with Crippen LogP contribution in [0.2, 0.25) is 0 Å². The van der Waals surface area contributed by atoms with Crippen LogP contribution in [0.15, 0.2) is 36.5 Å². The van der Waals surface area contributed by atoms with E-state index in [0.29, 0.717) is 0 Å². The van der Waals surface area contributed by atoms with Gasteiger partial charge in [0.25, 0.3) is 0 Å². The Morgan fingerprint density at radius 2 is 1.55 bits per heavy atom. The molecular formula is C11H18. The highest BCUT2D eigenvalue weighted by Crippen LogP contribution is 1.93. The van der Waals surface area contributed by atoms with Crippen molar-refractivity contribution in [1.82, 2.24) is 0 Å². The molecule has 0 fully saturated rings. The first-order valence-electron chi connectivity index (χ1n) is 4.34. The molecule has 0 aliphatic rings. The highest BCUT2D eigenvalue weighted by Gasteiger charge is 1.72. The van der Waals surface area contributed by atoms with Gasteiger partial charge in [-0.05, 0) is 26.2 Å². The van der Waals surface area contributed by atoms with Crippen molar-refractivity contribution in [3.05, 3.63) is 36.5 Å². The van der Waals surface area contributed by atoms with Gasteiger partial charge in [0, 0.05) is 0 Å². The summed E-state index contributed by atoms with van der Waals surface area (Å²) in [6, 6.07) is 0. The summed E-state index contributed by atoms with van der Waals surface area (Å²) < 4.78 is 0. The first-order valence-corrected chi connectivity index (χ1v) is 4.34. The summed E-state index contributed by atoms with van der Waals surface area (Å²) in [5.41, 5.74) is 0. The normalized spacial score (nSPS) is 12.5. The summed E-state index contributed by atoms with van der Waals surface area (Å²) in [6.45, 7) is 4.20. The third kappa shape index (κ3) is 9.22. The van der Waals surface area contributed by atoms with Crippen LogP contribution in [0.1, 0.15) is 33.1 Å². The van der Waals surface area contributed by atoms with Gasteiger partial charge in [-0.25, -0.2) is 0 Å². The minimum atomic E-state index is 1.12. The van der Waals surface area contributed by atoms with Gasteiger partial charge in [0.1, 0.15) is 0 Å². The second-order valence-electron chi connectivity index (χ2n) is 2.41. The van der Waals surface area contributed by atoms with Crippen molar-refractivity contribution in [3.8, 4) is 0 Å². The summed E-state index contributed by atoms with van der Waals surface area (Å²) in [4.78, 5) is 0. The lowest BCUT2D eigenvalue weighted by atomic mass is 10.2. The van der Waals surface area contributed by atoms with Gasteiger partial charge in [0.15, 0.2) is 0 Å². The molecule has 0 nitrogen and oxygen atoms in total. The molecule has 0 aliphatic heterocycles. The van der Waals surface area contributed by atoms with Crippen molar-refractivity contribution in [2.75, 3.05) is 0 Å². The van der Waals surface area contributed by atoms with E-state index < -0.39 is 0 Å². The van der Waals surface area contributed by atoms with Crippen LogP contribution in [0.3, 0.4) is 0 Å². The van der Waals surface area contributed by atoms with Crippen LogP contribution in [-0.4, -0.2) is 0 Å². The predicted molar refractivity (Wildman–Crippen MR) is 52.6 cm³/mol. The van der Waals surface area contributed by atoms with E-state index in [-0.39, 0.29) is 0 Å². The number of hydrogen-bond donors (Lipinski definition) is 0. The van der Waals surface area contributed by atoms with Crippen LogP contribution in [0, 0.1) is 0 Å². The molecule has 0 saturated carbocycles. The van der Waals surface area contributed by atoms with Crippen LogP contribution in [-0.2, 0) is 0 Å². The van der Waals surface area contributed by atoms with Crippen molar-refractivity contribution in [2.45, 2.75) is 33.1 Å². The molecule has 0 aliphatic carbocycles. The van der Waals surface area contributed by atoms with E-state index in [4.69, 9.17) is 0 Å². The Kier molecular flexibility index (Phi) is 8.57. The SMILES string of the molecule is CC=CCCC=CC=CCC. The van der Waals surface area contributed by atoms with E-state index in [2.05, 4.69) is 50.3 Å². The fraction of sp³-hybridized carbons (Fsp3) is 0.455. The largest absolute Gasteiger partial charge is 0.0917 e. The van der Waals surface area contributed by atoms with Gasteiger partial charge >= 0.3 is 0 Å². The Labute approximate surface area is 70.3 Å². The van der Waals surface area contributed by atoms with Crippen LogP contribution in [0.25, 0.3) is 0 Å². The Morgan fingerprint density at radius 3 is 2.18 bits per heavy atom. The van der Waals surface area contributed by atoms with E-state index in [1.165, 1.54) is 0 Å². The molecule has 0 aromatic carbocycles. The molecule has 0 N–H and O–H groups in total. The topological polar surface area (TPSA) is 0 Å². The molecule has 11 heavy (non-hydrogen) atoms. The third-order valence-corrected chi connectivity index (χ3v) is 1.35. The Balaban J connectivity index is 3.23. The highest BCUT2D eigenvalue weighted by atomic mass is 13.8. The smallest absolute Gasteiger partial charge is 0.0313 e. The van der Waals surface area contributed by atoms with Gasteiger partial charge in [0.05, 0.1) is 0 Å². The van der Waals surface area contributed by atoms with Gasteiger partial charge in [-0.1, -0.05) is 43.4 Å². The number of allylic oxidation sites excluding steroid dienone is 6. The Hall–Kier alpha value is -0.780. The summed E-state index contributed by atoms with van der Waals surface area (Å²) in [5, 5.41) is 0. The number of unbranched alkanes of at least 4 members (excludes halogenated alkanes) is 1. The molecule has 0 bridgehead atoms. The maximum absolute atomic E-state index is 2.20. The standard InChI is InChI=1S/C11H18/c1-3-5-7-9-11-10-8-6-4-2/h3,5-6,8,10-11H,4,7,9H2,1-2H3. The summed E-state index contributed by atoms with van der Waals surface area (Å²) in [7, 11) is 0. The van der Waals surface area contributed by atoms with Gasteiger partial charge in [-0.15, -0.1) is 0 Å². The molecule has 0 atom stereocenters. The van der Waals surface area contributed by atoms with E-state index in [1.54, 1.807) is 0 Å². The average molecular weight is 150 g/mol. The molecule has 0 saturated heterocycles. The lowest BCUT2D eigenvalue weighted by Gasteiger charge is -1.83. The molecule has 0 unspecified atom stereocenters. The molecular weight excluding hydrogens is 132 g/mol. The molecule has 0 amide bonds. The van der Waals surface area contributed by atoms with Gasteiger partial charge < -0.3 is 0 Å². The molecule has 0 aromatic rings. The van der Waals surface area contributed by atoms with E-state index in [0.717, 1.165) is 19.3 Å². The molecule has 0 aromatic heterocycles. The molecule has 0 heterocycles. The molecule has 0 spiro atoms. The summed E-state index contributed by atoms with van der Waals surface area (Å²) in [5.74, 6) is 0. The Morgan fingerprint density at radius 1 is 0.909 bits per heavy atom. The molecule has 0 heteroatoms. The fourth-order valence-corrected chi connectivity index (χ4v) is 0.749. The van der Waals surface area contributed by atoms with Gasteiger partial charge in [0.2, 0.25) is 0 Å². The van der Waals surface area contributed by atoms with Crippen LogP contribution >= 0.6 is 0 Å². The van der Waals surface area contributed by atoms with Crippen molar-refractivity contribution in [1.29, 1.82) is 0 Å². The predicted octanol–water partition coefficient (Wildman–Crippen LogP) is 3.87. The maximum Gasteiger partial charge on any atom is -0.0313 e. The first kappa shape index (κ1) is 10.2. The maximum atomic E-state index is 2.20. The highest BCUT2D eigenvalue weighted by molar-refractivity contribution is 5.02. The van der Waals surface area contributed by atoms with Gasteiger partial charge in [-0.2, -0.15) is 0 Å². The van der Waals surface area contributed by atoms with Gasteiger partial charge in [-0.3, -0.25) is 0 Å². The fourth-order valence-electron chi connectivity index (χ4n) is 0.749. The monoisotopic (exact) mass is 150 g/mol. The lowest BCUT2D eigenvalue weighted by molar-refractivity contribution is 1.05. The van der Waals surface area contributed by atoms with E-state index >= 15 is 0 Å². The second kappa shape index (κ2) is 9.22. The Bertz CT molecular complexity index is 138. The molecule has 62 valence electrons. The number of rotatable bonds is 5. The quantitative estimate of drug-likeness (QED) is 0.317. The zero-order chi connectivity index (χ0) is 8.36. The summed E-state index contributed by atoms with van der Waals surface area (Å²) in [6.07, 6.45) is 16.3. The zero-order valence-electron chi connectivity index (χ0n) is 7.59. The van der Waals surface area contributed by atoms with Crippen molar-refractivity contribution >= 4 is 0 Å². The van der Waals surface area contributed by atoms with Crippen LogP contribution < -0.4 is 0 Å². The second-order valence-corrected chi connectivity index (χ2v) is 2.41. The lowest BCUT2D eigenvalue weighted by Crippen LogP contribution is -1.62. The average Bonchev–Trinajstić information content (AvgIpc) is 2.03. The van der Waals surface area contributed by atoms with E-state index in [9.17, 15) is 0 Å². The summed E-state index contributed by atoms with van der Waals surface area (Å²) >= 11 is 0. The first-order chi connectivity index (χ1) is 5.41. The number of hydrogen-bond acceptors (Lipinski definition) is 0. The minimum absolute atomic E-state index is 1.12. The zero-order valence-corrected chi connectivity index (χ0v) is 7.59. The van der Waals surface area contributed by atoms with Crippen LogP contribution in [0.4, 0.5) is 0 Å². The van der Waals surface area contributed by atoms with Crippen LogP contribution in [0.5, 0.6) is 0 Å².